The first kappa shape index (κ1) is 17.0. The Balaban J connectivity index is 1.71. The lowest BCUT2D eigenvalue weighted by molar-refractivity contribution is -0.113. The van der Waals surface area contributed by atoms with Gasteiger partial charge < -0.3 is 11.2 Å². The largest absolute Gasteiger partial charge is 0.336 e. The Hall–Kier alpha value is -2.81. The van der Waals surface area contributed by atoms with Crippen molar-refractivity contribution in [3.63, 3.8) is 0 Å². The first-order chi connectivity index (χ1) is 12.0. The number of hydrogen-bond donors (Lipinski definition) is 2. The predicted molar refractivity (Wildman–Crippen MR) is 97.3 cm³/mol. The summed E-state index contributed by atoms with van der Waals surface area (Å²) in [6, 6.07) is 9.79. The van der Waals surface area contributed by atoms with Gasteiger partial charge in [-0.15, -0.1) is 10.2 Å². The minimum absolute atomic E-state index is 0.149. The van der Waals surface area contributed by atoms with Gasteiger partial charge in [0.05, 0.1) is 28.5 Å². The molecule has 0 saturated heterocycles. The predicted octanol–water partition coefficient (Wildman–Crippen LogP) is 1.83. The van der Waals surface area contributed by atoms with Gasteiger partial charge in [-0.3, -0.25) is 4.79 Å². The van der Waals surface area contributed by atoms with Crippen molar-refractivity contribution in [2.75, 3.05) is 16.9 Å². The molecule has 8 nitrogen and oxygen atoms in total. The number of nitrogens with zero attached hydrogens (tertiary/aromatic N) is 5. The van der Waals surface area contributed by atoms with E-state index in [1.54, 1.807) is 6.92 Å². The van der Waals surface area contributed by atoms with Gasteiger partial charge in [-0.1, -0.05) is 30.0 Å². The molecule has 0 aliphatic rings. The number of thioether (sulfide) groups is 1. The number of carbonyl (C=O) groups excluding carboxylic acids is 1. The number of para-hydroxylation sites is 1. The molecule has 0 saturated carbocycles. The number of aryl methyl sites for hydroxylation is 2. The molecule has 0 fully saturated rings. The van der Waals surface area contributed by atoms with Gasteiger partial charge in [0.15, 0.2) is 0 Å². The van der Waals surface area contributed by atoms with Gasteiger partial charge in [0.2, 0.25) is 11.1 Å². The number of benzene rings is 1. The zero-order valence-corrected chi connectivity index (χ0v) is 15.0. The van der Waals surface area contributed by atoms with Crippen molar-refractivity contribution < 1.29 is 4.79 Å². The second-order valence-electron chi connectivity index (χ2n) is 5.53. The number of amides is 1. The molecule has 1 aromatic carbocycles. The third-order valence-corrected chi connectivity index (χ3v) is 4.67. The number of carbonyl (C=O) groups is 1. The van der Waals surface area contributed by atoms with Crippen molar-refractivity contribution in [3.05, 3.63) is 47.5 Å². The van der Waals surface area contributed by atoms with E-state index < -0.39 is 0 Å². The van der Waals surface area contributed by atoms with Crippen LogP contribution in [0.5, 0.6) is 0 Å². The Morgan fingerprint density at radius 3 is 2.56 bits per heavy atom. The molecular formula is C16H19N7OS. The quantitative estimate of drug-likeness (QED) is 0.533. The van der Waals surface area contributed by atoms with Crippen molar-refractivity contribution in [2.45, 2.75) is 25.9 Å². The van der Waals surface area contributed by atoms with Crippen LogP contribution in [0.1, 0.15) is 17.2 Å². The highest BCUT2D eigenvalue weighted by Gasteiger charge is 2.16. The van der Waals surface area contributed by atoms with E-state index in [1.165, 1.54) is 16.4 Å². The van der Waals surface area contributed by atoms with Crippen molar-refractivity contribution in [1.82, 2.24) is 24.7 Å². The van der Waals surface area contributed by atoms with Gasteiger partial charge in [-0.05, 0) is 32.9 Å². The molecule has 25 heavy (non-hydrogen) atoms. The topological polar surface area (TPSA) is 104 Å². The van der Waals surface area contributed by atoms with Gasteiger partial charge >= 0.3 is 0 Å². The summed E-state index contributed by atoms with van der Waals surface area (Å²) in [6.07, 6.45) is 0. The molecule has 0 aliphatic carbocycles. The van der Waals surface area contributed by atoms with E-state index in [0.29, 0.717) is 11.0 Å². The summed E-state index contributed by atoms with van der Waals surface area (Å²) < 4.78 is 3.18. The van der Waals surface area contributed by atoms with Crippen LogP contribution in [-0.2, 0) is 4.79 Å². The SMILES string of the molecule is Cc1nn(-c2ccccc2)c(C)c1NC(=O)CSc1nnc(C)n1N. The second-order valence-corrected chi connectivity index (χ2v) is 6.47. The van der Waals surface area contributed by atoms with Gasteiger partial charge in [-0.2, -0.15) is 5.10 Å². The molecule has 0 unspecified atom stereocenters. The van der Waals surface area contributed by atoms with Crippen LogP contribution in [-0.4, -0.2) is 36.3 Å². The maximum Gasteiger partial charge on any atom is 0.234 e. The normalized spacial score (nSPS) is 10.8. The fraction of sp³-hybridized carbons (Fsp3) is 0.250. The van der Waals surface area contributed by atoms with Gasteiger partial charge in [0.25, 0.3) is 0 Å². The summed E-state index contributed by atoms with van der Waals surface area (Å²) in [5, 5.41) is 15.7. The average molecular weight is 357 g/mol. The van der Waals surface area contributed by atoms with E-state index in [4.69, 9.17) is 5.84 Å². The molecule has 0 radical (unpaired) electrons. The maximum absolute atomic E-state index is 12.3. The third-order valence-electron chi connectivity index (χ3n) is 3.72. The molecule has 2 aromatic heterocycles. The summed E-state index contributed by atoms with van der Waals surface area (Å²) >= 11 is 1.24. The Bertz CT molecular complexity index is 901. The van der Waals surface area contributed by atoms with E-state index in [2.05, 4.69) is 20.6 Å². The fourth-order valence-corrected chi connectivity index (χ4v) is 3.10. The zero-order valence-electron chi connectivity index (χ0n) is 14.2. The Morgan fingerprint density at radius 2 is 1.92 bits per heavy atom. The van der Waals surface area contributed by atoms with Crippen LogP contribution < -0.4 is 11.2 Å². The smallest absolute Gasteiger partial charge is 0.234 e. The number of nitrogen functional groups attached to an aromatic ring is 1. The molecule has 0 aliphatic heterocycles. The van der Waals surface area contributed by atoms with Crippen LogP contribution in [0.15, 0.2) is 35.5 Å². The Labute approximate surface area is 149 Å². The van der Waals surface area contributed by atoms with Gasteiger partial charge in [0.1, 0.15) is 5.82 Å². The first-order valence-corrected chi connectivity index (χ1v) is 8.67. The van der Waals surface area contributed by atoms with Crippen LogP contribution in [0.2, 0.25) is 0 Å². The lowest BCUT2D eigenvalue weighted by Gasteiger charge is -2.07. The second kappa shape index (κ2) is 6.98. The van der Waals surface area contributed by atoms with Crippen molar-refractivity contribution in [3.8, 4) is 5.69 Å². The van der Waals surface area contributed by atoms with E-state index in [-0.39, 0.29) is 11.7 Å². The molecule has 1 amide bonds. The lowest BCUT2D eigenvalue weighted by Crippen LogP contribution is -2.17. The molecule has 3 rings (SSSR count). The van der Waals surface area contributed by atoms with Crippen LogP contribution in [0.25, 0.3) is 5.69 Å². The summed E-state index contributed by atoms with van der Waals surface area (Å²) in [4.78, 5) is 12.3. The standard InChI is InChI=1S/C16H19N7OS/c1-10-15(11(2)23(21-10)13-7-5-4-6-8-13)18-14(24)9-25-16-20-19-12(3)22(16)17/h4-8H,9,17H2,1-3H3,(H,18,24). The molecule has 0 bridgehead atoms. The van der Waals surface area contributed by atoms with Gasteiger partial charge in [-0.25, -0.2) is 9.36 Å². The minimum atomic E-state index is -0.149. The first-order valence-electron chi connectivity index (χ1n) is 7.68. The average Bonchev–Trinajstić information content (AvgIpc) is 3.08. The van der Waals surface area contributed by atoms with E-state index in [0.717, 1.165) is 22.8 Å². The van der Waals surface area contributed by atoms with E-state index in [1.807, 2.05) is 48.9 Å². The summed E-state index contributed by atoms with van der Waals surface area (Å²) in [5.74, 6) is 6.42. The minimum Gasteiger partial charge on any atom is -0.336 e. The Morgan fingerprint density at radius 1 is 1.20 bits per heavy atom. The molecule has 2 heterocycles. The summed E-state index contributed by atoms with van der Waals surface area (Å²) in [5.41, 5.74) is 3.31. The molecular weight excluding hydrogens is 338 g/mol. The maximum atomic E-state index is 12.3. The van der Waals surface area contributed by atoms with Crippen LogP contribution in [0.4, 0.5) is 5.69 Å². The number of nitrogens with one attached hydrogen (secondary N) is 1. The fourth-order valence-electron chi connectivity index (χ4n) is 2.40. The zero-order chi connectivity index (χ0) is 18.0. The Kier molecular flexibility index (Phi) is 4.75. The molecule has 9 heteroatoms. The highest BCUT2D eigenvalue weighted by Crippen LogP contribution is 2.23. The van der Waals surface area contributed by atoms with Crippen molar-refractivity contribution >= 4 is 23.4 Å². The highest BCUT2D eigenvalue weighted by molar-refractivity contribution is 7.99. The van der Waals surface area contributed by atoms with Crippen LogP contribution >= 0.6 is 11.8 Å². The monoisotopic (exact) mass is 357 g/mol. The van der Waals surface area contributed by atoms with Crippen LogP contribution in [0.3, 0.4) is 0 Å². The molecule has 130 valence electrons. The van der Waals surface area contributed by atoms with E-state index in [9.17, 15) is 4.79 Å². The van der Waals surface area contributed by atoms with Crippen molar-refractivity contribution in [2.24, 2.45) is 0 Å². The third kappa shape index (κ3) is 3.50. The summed E-state index contributed by atoms with van der Waals surface area (Å²) in [6.45, 7) is 5.55. The number of anilines is 1. The highest BCUT2D eigenvalue weighted by atomic mass is 32.2. The number of aromatic nitrogens is 5. The lowest BCUT2D eigenvalue weighted by atomic mass is 10.3. The van der Waals surface area contributed by atoms with Gasteiger partial charge in [0, 0.05) is 0 Å². The van der Waals surface area contributed by atoms with E-state index >= 15 is 0 Å². The molecule has 3 aromatic rings. The summed E-state index contributed by atoms with van der Waals surface area (Å²) in [7, 11) is 0. The number of hydrogen-bond acceptors (Lipinski definition) is 6. The number of rotatable bonds is 5. The van der Waals surface area contributed by atoms with Crippen LogP contribution in [0, 0.1) is 20.8 Å². The molecule has 3 N–H and O–H groups in total. The molecule has 0 spiro atoms. The number of nitrogens with two attached hydrogens (primary N) is 1. The van der Waals surface area contributed by atoms with Crippen molar-refractivity contribution in [1.29, 1.82) is 0 Å². The molecule has 0 atom stereocenters.